The van der Waals surface area contributed by atoms with Gasteiger partial charge >= 0.3 is 0 Å². The third kappa shape index (κ3) is 3.78. The molecule has 3 atom stereocenters. The first-order chi connectivity index (χ1) is 9.06. The molecule has 2 rings (SSSR count). The van der Waals surface area contributed by atoms with Crippen LogP contribution in [0.3, 0.4) is 0 Å². The van der Waals surface area contributed by atoms with Crippen molar-refractivity contribution in [3.05, 3.63) is 35.9 Å². The van der Waals surface area contributed by atoms with Gasteiger partial charge in [-0.05, 0) is 24.3 Å². The van der Waals surface area contributed by atoms with E-state index in [0.29, 0.717) is 18.8 Å². The van der Waals surface area contributed by atoms with Crippen LogP contribution in [0.4, 0.5) is 0 Å². The van der Waals surface area contributed by atoms with Crippen molar-refractivity contribution in [2.75, 3.05) is 0 Å². The number of aliphatic hydroxyl groups is 1. The second kappa shape index (κ2) is 6.17. The highest BCUT2D eigenvalue weighted by atomic mass is 16.6. The molecule has 0 saturated carbocycles. The molecule has 1 fully saturated rings. The lowest BCUT2D eigenvalue weighted by Crippen LogP contribution is -2.57. The van der Waals surface area contributed by atoms with E-state index in [0.717, 1.165) is 5.56 Å². The van der Waals surface area contributed by atoms with Crippen LogP contribution in [0.15, 0.2) is 30.3 Å². The van der Waals surface area contributed by atoms with E-state index in [4.69, 9.17) is 4.74 Å². The molecule has 1 amide bonds. The number of hydrogen-bond acceptors (Lipinski definition) is 3. The van der Waals surface area contributed by atoms with E-state index in [9.17, 15) is 9.90 Å². The van der Waals surface area contributed by atoms with Gasteiger partial charge in [0.05, 0.1) is 6.04 Å². The zero-order chi connectivity index (χ0) is 13.8. The van der Waals surface area contributed by atoms with Crippen molar-refractivity contribution in [1.82, 2.24) is 5.32 Å². The molecular formula is C15H21NO3. The third-order valence-corrected chi connectivity index (χ3v) is 3.25. The lowest BCUT2D eigenvalue weighted by atomic mass is 10.0. The molecule has 19 heavy (non-hydrogen) atoms. The summed E-state index contributed by atoms with van der Waals surface area (Å²) < 4.78 is 5.44. The highest BCUT2D eigenvalue weighted by Gasteiger charge is 2.35. The smallest absolute Gasteiger partial charge is 0.249 e. The lowest BCUT2D eigenvalue weighted by molar-refractivity contribution is -0.191. The van der Waals surface area contributed by atoms with Gasteiger partial charge in [-0.3, -0.25) is 4.79 Å². The van der Waals surface area contributed by atoms with Crippen LogP contribution in [0.1, 0.15) is 25.8 Å². The van der Waals surface area contributed by atoms with Crippen molar-refractivity contribution in [3.8, 4) is 0 Å². The molecule has 0 spiro atoms. The number of carbonyl (C=O) groups excluding carboxylic acids is 1. The summed E-state index contributed by atoms with van der Waals surface area (Å²) in [4.78, 5) is 11.9. The van der Waals surface area contributed by atoms with Gasteiger partial charge in [0, 0.05) is 0 Å². The molecule has 1 aromatic carbocycles. The van der Waals surface area contributed by atoms with Crippen LogP contribution in [0.5, 0.6) is 0 Å². The summed E-state index contributed by atoms with van der Waals surface area (Å²) in [5, 5.41) is 12.9. The highest BCUT2D eigenvalue weighted by Crippen LogP contribution is 2.18. The molecule has 4 nitrogen and oxygen atoms in total. The van der Waals surface area contributed by atoms with Gasteiger partial charge in [-0.15, -0.1) is 0 Å². The van der Waals surface area contributed by atoms with Gasteiger partial charge in [0.15, 0.2) is 6.29 Å². The molecule has 104 valence electrons. The molecule has 0 aliphatic carbocycles. The Hall–Kier alpha value is -1.39. The van der Waals surface area contributed by atoms with Crippen LogP contribution in [0, 0.1) is 5.92 Å². The molecule has 0 bridgehead atoms. The Morgan fingerprint density at radius 3 is 2.63 bits per heavy atom. The summed E-state index contributed by atoms with van der Waals surface area (Å²) >= 11 is 0. The molecule has 1 heterocycles. The number of hydrogen-bond donors (Lipinski definition) is 2. The summed E-state index contributed by atoms with van der Waals surface area (Å²) in [5.41, 5.74) is 1.07. The summed E-state index contributed by atoms with van der Waals surface area (Å²) in [5.74, 6) is 0.230. The van der Waals surface area contributed by atoms with Crippen molar-refractivity contribution in [2.24, 2.45) is 5.92 Å². The SMILES string of the molecule is CC(C)C[C@@H]1OC(O)[C@H](Cc2ccccc2)NC1=O. The molecular weight excluding hydrogens is 242 g/mol. The normalized spacial score (nSPS) is 27.4. The van der Waals surface area contributed by atoms with Crippen molar-refractivity contribution in [2.45, 2.75) is 45.1 Å². The monoisotopic (exact) mass is 263 g/mol. The standard InChI is InChI=1S/C15H21NO3/c1-10(2)8-13-14(17)16-12(15(18)19-13)9-11-6-4-3-5-7-11/h3-7,10,12-13,15,18H,8-9H2,1-2H3,(H,16,17)/t12-,13-,15?/m0/s1. The number of benzene rings is 1. The minimum absolute atomic E-state index is 0.125. The molecule has 0 radical (unpaired) electrons. The first-order valence-corrected chi connectivity index (χ1v) is 6.74. The van der Waals surface area contributed by atoms with Crippen molar-refractivity contribution >= 4 is 5.91 Å². The fourth-order valence-corrected chi connectivity index (χ4v) is 2.28. The number of morpholine rings is 1. The maximum Gasteiger partial charge on any atom is 0.249 e. The number of rotatable bonds is 4. The van der Waals surface area contributed by atoms with Gasteiger partial charge in [-0.25, -0.2) is 0 Å². The molecule has 1 saturated heterocycles. The first kappa shape index (κ1) is 14.0. The Labute approximate surface area is 113 Å². The van der Waals surface area contributed by atoms with E-state index in [1.54, 1.807) is 0 Å². The zero-order valence-electron chi connectivity index (χ0n) is 11.4. The number of carbonyl (C=O) groups is 1. The third-order valence-electron chi connectivity index (χ3n) is 3.25. The Morgan fingerprint density at radius 2 is 2.00 bits per heavy atom. The molecule has 2 N–H and O–H groups in total. The lowest BCUT2D eigenvalue weighted by Gasteiger charge is -2.34. The average Bonchev–Trinajstić information content (AvgIpc) is 2.36. The number of nitrogens with one attached hydrogen (secondary N) is 1. The van der Waals surface area contributed by atoms with Crippen LogP contribution < -0.4 is 5.32 Å². The van der Waals surface area contributed by atoms with Crippen molar-refractivity contribution < 1.29 is 14.6 Å². The van der Waals surface area contributed by atoms with Crippen LogP contribution in [0.25, 0.3) is 0 Å². The van der Waals surface area contributed by atoms with E-state index < -0.39 is 12.4 Å². The van der Waals surface area contributed by atoms with Gasteiger partial charge in [-0.2, -0.15) is 0 Å². The molecule has 1 aliphatic rings. The molecule has 0 aromatic heterocycles. The Morgan fingerprint density at radius 1 is 1.32 bits per heavy atom. The van der Waals surface area contributed by atoms with Crippen molar-refractivity contribution in [3.63, 3.8) is 0 Å². The molecule has 4 heteroatoms. The molecule has 1 aromatic rings. The van der Waals surface area contributed by atoms with Gasteiger partial charge < -0.3 is 15.2 Å². The molecule has 1 unspecified atom stereocenters. The quantitative estimate of drug-likeness (QED) is 0.865. The van der Waals surface area contributed by atoms with E-state index >= 15 is 0 Å². The number of ether oxygens (including phenoxy) is 1. The van der Waals surface area contributed by atoms with E-state index in [2.05, 4.69) is 5.32 Å². The van der Waals surface area contributed by atoms with Crippen LogP contribution in [-0.2, 0) is 16.0 Å². The van der Waals surface area contributed by atoms with Gasteiger partial charge in [-0.1, -0.05) is 44.2 Å². The number of aliphatic hydroxyl groups excluding tert-OH is 1. The number of amides is 1. The Kier molecular flexibility index (Phi) is 4.56. The van der Waals surface area contributed by atoms with E-state index in [-0.39, 0.29) is 11.9 Å². The van der Waals surface area contributed by atoms with E-state index in [1.165, 1.54) is 0 Å². The van der Waals surface area contributed by atoms with Crippen LogP contribution in [0.2, 0.25) is 0 Å². The van der Waals surface area contributed by atoms with Gasteiger partial charge in [0.1, 0.15) is 6.10 Å². The zero-order valence-corrected chi connectivity index (χ0v) is 11.4. The first-order valence-electron chi connectivity index (χ1n) is 6.74. The second-order valence-electron chi connectivity index (χ2n) is 5.45. The predicted octanol–water partition coefficient (Wildman–Crippen LogP) is 1.48. The molecule has 1 aliphatic heterocycles. The van der Waals surface area contributed by atoms with Crippen LogP contribution in [-0.4, -0.2) is 29.4 Å². The maximum atomic E-state index is 11.9. The summed E-state index contributed by atoms with van der Waals surface area (Å²) in [6.45, 7) is 4.05. The largest absolute Gasteiger partial charge is 0.366 e. The fourth-order valence-electron chi connectivity index (χ4n) is 2.28. The van der Waals surface area contributed by atoms with Gasteiger partial charge in [0.2, 0.25) is 5.91 Å². The maximum absolute atomic E-state index is 11.9. The van der Waals surface area contributed by atoms with E-state index in [1.807, 2.05) is 44.2 Å². The summed E-state index contributed by atoms with van der Waals surface area (Å²) in [7, 11) is 0. The fraction of sp³-hybridized carbons (Fsp3) is 0.533. The summed E-state index contributed by atoms with van der Waals surface area (Å²) in [6.07, 6.45) is -0.285. The average molecular weight is 263 g/mol. The minimum Gasteiger partial charge on any atom is -0.366 e. The van der Waals surface area contributed by atoms with Crippen molar-refractivity contribution in [1.29, 1.82) is 0 Å². The Balaban J connectivity index is 1.96. The minimum atomic E-state index is -0.943. The Bertz CT molecular complexity index is 419. The summed E-state index contributed by atoms with van der Waals surface area (Å²) in [6, 6.07) is 9.38. The second-order valence-corrected chi connectivity index (χ2v) is 5.45. The van der Waals surface area contributed by atoms with Gasteiger partial charge in [0.25, 0.3) is 0 Å². The predicted molar refractivity (Wildman–Crippen MR) is 72.4 cm³/mol. The van der Waals surface area contributed by atoms with Crippen LogP contribution >= 0.6 is 0 Å². The topological polar surface area (TPSA) is 58.6 Å². The highest BCUT2D eigenvalue weighted by molar-refractivity contribution is 5.81.